The first-order chi connectivity index (χ1) is 9.17. The molecule has 3 nitrogen and oxygen atoms in total. The lowest BCUT2D eigenvalue weighted by Gasteiger charge is -2.36. The van der Waals surface area contributed by atoms with Gasteiger partial charge in [-0.3, -0.25) is 0 Å². The Hall–Kier alpha value is -0.840. The van der Waals surface area contributed by atoms with Gasteiger partial charge in [0.05, 0.1) is 18.2 Å². The lowest BCUT2D eigenvalue weighted by molar-refractivity contribution is -0.177. The summed E-state index contributed by atoms with van der Waals surface area (Å²) >= 11 is 5.77. The standard InChI is InChI=1S/C14H17ClFNO2/c15-12-9-11(1-2-13(12)16)17-10-3-5-14(6-4-10)18-7-8-19-14/h1-2,9-10,17H,3-8H2. The first-order valence-electron chi connectivity index (χ1n) is 6.66. The van der Waals surface area contributed by atoms with E-state index in [0.29, 0.717) is 19.3 Å². The monoisotopic (exact) mass is 285 g/mol. The van der Waals surface area contributed by atoms with Gasteiger partial charge in [0.1, 0.15) is 5.82 Å². The Kier molecular flexibility index (Phi) is 3.65. The average molecular weight is 286 g/mol. The second kappa shape index (κ2) is 5.27. The highest BCUT2D eigenvalue weighted by atomic mass is 35.5. The number of ether oxygens (including phenoxy) is 2. The summed E-state index contributed by atoms with van der Waals surface area (Å²) in [6.07, 6.45) is 3.77. The van der Waals surface area contributed by atoms with Crippen LogP contribution in [0.15, 0.2) is 18.2 Å². The predicted octanol–water partition coefficient (Wildman–Crippen LogP) is 3.58. The van der Waals surface area contributed by atoms with Gasteiger partial charge >= 0.3 is 0 Å². The van der Waals surface area contributed by atoms with Crippen molar-refractivity contribution in [3.8, 4) is 0 Å². The van der Waals surface area contributed by atoms with Gasteiger partial charge in [0.2, 0.25) is 0 Å². The molecule has 2 aliphatic rings. The molecule has 3 rings (SSSR count). The van der Waals surface area contributed by atoms with Crippen molar-refractivity contribution < 1.29 is 13.9 Å². The van der Waals surface area contributed by atoms with Crippen molar-refractivity contribution in [3.63, 3.8) is 0 Å². The first kappa shape index (κ1) is 13.2. The maximum absolute atomic E-state index is 13.1. The smallest absolute Gasteiger partial charge is 0.168 e. The first-order valence-corrected chi connectivity index (χ1v) is 7.04. The fourth-order valence-electron chi connectivity index (χ4n) is 2.81. The Morgan fingerprint density at radius 1 is 1.21 bits per heavy atom. The number of anilines is 1. The number of hydrogen-bond acceptors (Lipinski definition) is 3. The summed E-state index contributed by atoms with van der Waals surface area (Å²) in [5.41, 5.74) is 0.862. The molecule has 104 valence electrons. The molecule has 0 atom stereocenters. The third-order valence-corrected chi connectivity index (χ3v) is 4.14. The summed E-state index contributed by atoms with van der Waals surface area (Å²) < 4.78 is 24.5. The molecule has 1 N–H and O–H groups in total. The third-order valence-electron chi connectivity index (χ3n) is 3.85. The van der Waals surface area contributed by atoms with Gasteiger partial charge in [0, 0.05) is 24.6 Å². The van der Waals surface area contributed by atoms with E-state index in [1.54, 1.807) is 12.1 Å². The number of rotatable bonds is 2. The molecule has 2 fully saturated rings. The molecule has 0 unspecified atom stereocenters. The van der Waals surface area contributed by atoms with Crippen LogP contribution in [0.4, 0.5) is 10.1 Å². The van der Waals surface area contributed by atoms with Crippen molar-refractivity contribution in [2.45, 2.75) is 37.5 Å². The molecule has 1 aromatic rings. The highest BCUT2D eigenvalue weighted by molar-refractivity contribution is 6.31. The van der Waals surface area contributed by atoms with Crippen molar-refractivity contribution in [2.24, 2.45) is 0 Å². The molecule has 19 heavy (non-hydrogen) atoms. The molecule has 1 spiro atoms. The highest BCUT2D eigenvalue weighted by Crippen LogP contribution is 2.36. The van der Waals surface area contributed by atoms with E-state index >= 15 is 0 Å². The van der Waals surface area contributed by atoms with Gasteiger partial charge in [-0.1, -0.05) is 11.6 Å². The molecule has 0 amide bonds. The fourth-order valence-corrected chi connectivity index (χ4v) is 2.99. The quantitative estimate of drug-likeness (QED) is 0.901. The van der Waals surface area contributed by atoms with Crippen LogP contribution in [0.1, 0.15) is 25.7 Å². The van der Waals surface area contributed by atoms with E-state index in [4.69, 9.17) is 21.1 Å². The lowest BCUT2D eigenvalue weighted by atomic mass is 9.90. The number of hydrogen-bond donors (Lipinski definition) is 1. The SMILES string of the molecule is Fc1ccc(NC2CCC3(CC2)OCCO3)cc1Cl. The Bertz CT molecular complexity index is 453. The Balaban J connectivity index is 1.58. The summed E-state index contributed by atoms with van der Waals surface area (Å²) in [6.45, 7) is 1.40. The van der Waals surface area contributed by atoms with Gasteiger partial charge in [0.25, 0.3) is 0 Å². The zero-order valence-corrected chi connectivity index (χ0v) is 11.4. The molecule has 0 bridgehead atoms. The molecule has 1 aliphatic heterocycles. The van der Waals surface area contributed by atoms with Crippen LogP contribution in [0.25, 0.3) is 0 Å². The minimum absolute atomic E-state index is 0.153. The molecule has 1 saturated heterocycles. The van der Waals surface area contributed by atoms with E-state index < -0.39 is 0 Å². The van der Waals surface area contributed by atoms with Crippen LogP contribution in [0, 0.1) is 5.82 Å². The molecule has 1 aromatic carbocycles. The van der Waals surface area contributed by atoms with Crippen molar-refractivity contribution in [2.75, 3.05) is 18.5 Å². The number of nitrogens with one attached hydrogen (secondary N) is 1. The maximum atomic E-state index is 13.1. The number of benzene rings is 1. The van der Waals surface area contributed by atoms with Crippen molar-refractivity contribution in [1.82, 2.24) is 0 Å². The van der Waals surface area contributed by atoms with Gasteiger partial charge in [-0.05, 0) is 31.0 Å². The lowest BCUT2D eigenvalue weighted by Crippen LogP contribution is -2.39. The van der Waals surface area contributed by atoms with Crippen LogP contribution in [0.5, 0.6) is 0 Å². The molecule has 0 aromatic heterocycles. The summed E-state index contributed by atoms with van der Waals surface area (Å²) in [6, 6.07) is 5.09. The zero-order valence-electron chi connectivity index (χ0n) is 10.6. The minimum atomic E-state index is -0.387. The summed E-state index contributed by atoms with van der Waals surface area (Å²) in [5, 5.41) is 3.55. The van der Waals surface area contributed by atoms with Gasteiger partial charge in [-0.2, -0.15) is 0 Å². The van der Waals surface area contributed by atoms with Gasteiger partial charge in [-0.25, -0.2) is 4.39 Å². The van der Waals surface area contributed by atoms with Crippen LogP contribution in [0.3, 0.4) is 0 Å². The average Bonchev–Trinajstić information content (AvgIpc) is 2.86. The van der Waals surface area contributed by atoms with E-state index in [1.807, 2.05) is 0 Å². The van der Waals surface area contributed by atoms with Crippen LogP contribution < -0.4 is 5.32 Å². The largest absolute Gasteiger partial charge is 0.382 e. The maximum Gasteiger partial charge on any atom is 0.168 e. The zero-order chi connectivity index (χ0) is 13.3. The van der Waals surface area contributed by atoms with Crippen molar-refractivity contribution in [3.05, 3.63) is 29.0 Å². The normalized spacial score (nSPS) is 22.8. The molecule has 5 heteroatoms. The van der Waals surface area contributed by atoms with Crippen molar-refractivity contribution in [1.29, 1.82) is 0 Å². The van der Waals surface area contributed by atoms with Crippen LogP contribution in [0.2, 0.25) is 5.02 Å². The van der Waals surface area contributed by atoms with Gasteiger partial charge < -0.3 is 14.8 Å². The Labute approximate surface area is 117 Å². The fraction of sp³-hybridized carbons (Fsp3) is 0.571. The van der Waals surface area contributed by atoms with Gasteiger partial charge in [-0.15, -0.1) is 0 Å². The van der Waals surface area contributed by atoms with Crippen molar-refractivity contribution >= 4 is 17.3 Å². The molecular formula is C14H17ClFNO2. The molecule has 1 aliphatic carbocycles. The molecule has 1 heterocycles. The second-order valence-corrected chi connectivity index (χ2v) is 5.56. The number of halogens is 2. The summed E-state index contributed by atoms with van der Waals surface area (Å²) in [4.78, 5) is 0. The summed E-state index contributed by atoms with van der Waals surface area (Å²) in [7, 11) is 0. The predicted molar refractivity (Wildman–Crippen MR) is 71.9 cm³/mol. The molecule has 0 radical (unpaired) electrons. The van der Waals surface area contributed by atoms with E-state index in [2.05, 4.69) is 5.32 Å². The topological polar surface area (TPSA) is 30.5 Å². The molecular weight excluding hydrogens is 269 g/mol. The van der Waals surface area contributed by atoms with E-state index in [1.165, 1.54) is 6.07 Å². The van der Waals surface area contributed by atoms with E-state index in [9.17, 15) is 4.39 Å². The van der Waals surface area contributed by atoms with Crippen LogP contribution in [-0.4, -0.2) is 25.0 Å². The Morgan fingerprint density at radius 2 is 1.89 bits per heavy atom. The van der Waals surface area contributed by atoms with Crippen LogP contribution >= 0.6 is 11.6 Å². The third kappa shape index (κ3) is 2.86. The van der Waals surface area contributed by atoms with E-state index in [0.717, 1.165) is 31.4 Å². The Morgan fingerprint density at radius 3 is 2.53 bits per heavy atom. The summed E-state index contributed by atoms with van der Waals surface area (Å²) in [5.74, 6) is -0.721. The van der Waals surface area contributed by atoms with Gasteiger partial charge in [0.15, 0.2) is 5.79 Å². The highest BCUT2D eigenvalue weighted by Gasteiger charge is 2.40. The molecule has 1 saturated carbocycles. The second-order valence-electron chi connectivity index (χ2n) is 5.16. The minimum Gasteiger partial charge on any atom is -0.382 e. The van der Waals surface area contributed by atoms with E-state index in [-0.39, 0.29) is 16.6 Å². The van der Waals surface area contributed by atoms with Crippen LogP contribution in [-0.2, 0) is 9.47 Å².